The summed E-state index contributed by atoms with van der Waals surface area (Å²) in [4.78, 5) is 4.19. The zero-order valence-corrected chi connectivity index (χ0v) is 10.7. The molecule has 1 aliphatic heterocycles. The van der Waals surface area contributed by atoms with Gasteiger partial charge in [-0.25, -0.2) is 4.39 Å². The molecule has 6 nitrogen and oxygen atoms in total. The molecule has 1 saturated heterocycles. The van der Waals surface area contributed by atoms with Crippen molar-refractivity contribution in [3.8, 4) is 5.75 Å². The van der Waals surface area contributed by atoms with Crippen molar-refractivity contribution in [3.63, 3.8) is 0 Å². The summed E-state index contributed by atoms with van der Waals surface area (Å²) < 4.78 is 29.3. The van der Waals surface area contributed by atoms with Crippen molar-refractivity contribution in [2.24, 2.45) is 0 Å². The van der Waals surface area contributed by atoms with Crippen LogP contribution in [-0.2, 0) is 11.3 Å². The zero-order valence-electron chi connectivity index (χ0n) is 10.7. The van der Waals surface area contributed by atoms with Crippen molar-refractivity contribution >= 4 is 0 Å². The van der Waals surface area contributed by atoms with Crippen LogP contribution in [-0.4, -0.2) is 29.8 Å². The van der Waals surface area contributed by atoms with Gasteiger partial charge in [0.15, 0.2) is 18.2 Å². The molecule has 1 aromatic heterocycles. The zero-order chi connectivity index (χ0) is 13.8. The number of ether oxygens (including phenoxy) is 2. The largest absolute Gasteiger partial charge is 0.482 e. The van der Waals surface area contributed by atoms with E-state index in [4.69, 9.17) is 14.0 Å². The fourth-order valence-corrected chi connectivity index (χ4v) is 1.89. The van der Waals surface area contributed by atoms with Crippen molar-refractivity contribution in [2.45, 2.75) is 12.7 Å². The summed E-state index contributed by atoms with van der Waals surface area (Å²) in [5, 5.41) is 6.97. The molecule has 1 fully saturated rings. The lowest BCUT2D eigenvalue weighted by Crippen LogP contribution is -2.33. The van der Waals surface area contributed by atoms with Gasteiger partial charge in [0.1, 0.15) is 6.10 Å². The molecule has 0 bridgehead atoms. The number of nitrogens with one attached hydrogen (secondary N) is 1. The number of hydrogen-bond acceptors (Lipinski definition) is 6. The summed E-state index contributed by atoms with van der Waals surface area (Å²) in [6.45, 7) is 2.10. The molecule has 2 heterocycles. The molecule has 0 amide bonds. The third-order valence-corrected chi connectivity index (χ3v) is 2.88. The van der Waals surface area contributed by atoms with Crippen LogP contribution in [0.25, 0.3) is 0 Å². The third kappa shape index (κ3) is 2.94. The van der Waals surface area contributed by atoms with Crippen LogP contribution in [0.3, 0.4) is 0 Å². The molecule has 2 aromatic rings. The van der Waals surface area contributed by atoms with Crippen LogP contribution in [0.5, 0.6) is 5.75 Å². The summed E-state index contributed by atoms with van der Waals surface area (Å²) in [7, 11) is 0. The molecule has 7 heteroatoms. The maximum atomic E-state index is 13.4. The van der Waals surface area contributed by atoms with Crippen molar-refractivity contribution in [1.29, 1.82) is 0 Å². The van der Waals surface area contributed by atoms with E-state index in [1.54, 1.807) is 18.2 Å². The fraction of sp³-hybridized carbons (Fsp3) is 0.385. The van der Waals surface area contributed by atoms with E-state index in [1.165, 1.54) is 6.07 Å². The number of morpholine rings is 1. The molecule has 1 N–H and O–H groups in total. The van der Waals surface area contributed by atoms with Crippen LogP contribution in [0.1, 0.15) is 17.8 Å². The topological polar surface area (TPSA) is 69.4 Å². The van der Waals surface area contributed by atoms with Gasteiger partial charge in [-0.1, -0.05) is 17.3 Å². The van der Waals surface area contributed by atoms with E-state index in [9.17, 15) is 4.39 Å². The lowest BCUT2D eigenvalue weighted by Gasteiger charge is -2.19. The normalized spacial score (nSPS) is 18.9. The molecular weight excluding hydrogens is 265 g/mol. The maximum Gasteiger partial charge on any atom is 0.257 e. The summed E-state index contributed by atoms with van der Waals surface area (Å²) in [6.07, 6.45) is -0.238. The Morgan fingerprint density at radius 2 is 2.30 bits per heavy atom. The number of nitrogens with zero attached hydrogens (tertiary/aromatic N) is 2. The average molecular weight is 279 g/mol. The molecule has 1 atom stereocenters. The predicted octanol–water partition coefficient (Wildman–Crippen LogP) is 1.45. The van der Waals surface area contributed by atoms with Crippen LogP contribution in [0.4, 0.5) is 4.39 Å². The Bertz CT molecular complexity index is 569. The number of benzene rings is 1. The smallest absolute Gasteiger partial charge is 0.257 e. The highest BCUT2D eigenvalue weighted by Gasteiger charge is 2.22. The molecular formula is C13H14FN3O3. The molecule has 0 saturated carbocycles. The minimum atomic E-state index is -0.420. The first kappa shape index (κ1) is 13.0. The van der Waals surface area contributed by atoms with Crippen molar-refractivity contribution in [2.75, 3.05) is 19.7 Å². The van der Waals surface area contributed by atoms with E-state index >= 15 is 0 Å². The van der Waals surface area contributed by atoms with Gasteiger partial charge < -0.3 is 19.3 Å². The van der Waals surface area contributed by atoms with Crippen LogP contribution in [0.2, 0.25) is 0 Å². The highest BCUT2D eigenvalue weighted by atomic mass is 19.1. The number of para-hydroxylation sites is 1. The second-order valence-electron chi connectivity index (χ2n) is 4.33. The van der Waals surface area contributed by atoms with Gasteiger partial charge in [-0.2, -0.15) is 4.98 Å². The highest BCUT2D eigenvalue weighted by Crippen LogP contribution is 2.19. The fourth-order valence-electron chi connectivity index (χ4n) is 1.89. The molecule has 0 spiro atoms. The Labute approximate surface area is 114 Å². The van der Waals surface area contributed by atoms with E-state index in [2.05, 4.69) is 15.5 Å². The van der Waals surface area contributed by atoms with Gasteiger partial charge >= 0.3 is 0 Å². The van der Waals surface area contributed by atoms with Gasteiger partial charge in [0.05, 0.1) is 6.61 Å². The molecule has 1 aromatic carbocycles. The van der Waals surface area contributed by atoms with E-state index in [1.807, 2.05) is 0 Å². The number of rotatable bonds is 4. The van der Waals surface area contributed by atoms with Gasteiger partial charge in [0.2, 0.25) is 5.82 Å². The van der Waals surface area contributed by atoms with Gasteiger partial charge in [-0.15, -0.1) is 0 Å². The van der Waals surface area contributed by atoms with Crippen LogP contribution < -0.4 is 10.1 Å². The first-order valence-electron chi connectivity index (χ1n) is 6.35. The first-order valence-corrected chi connectivity index (χ1v) is 6.35. The quantitative estimate of drug-likeness (QED) is 0.913. The number of aromatic nitrogens is 2. The summed E-state index contributed by atoms with van der Waals surface area (Å²) in [5.74, 6) is 0.507. The standard InChI is InChI=1S/C13H14FN3O3/c14-9-3-1-2-4-10(9)19-8-12-16-13(20-17-12)11-7-15-5-6-18-11/h1-4,11,15H,5-8H2/t11-/m0/s1. The van der Waals surface area contributed by atoms with Crippen LogP contribution in [0, 0.1) is 5.82 Å². The predicted molar refractivity (Wildman–Crippen MR) is 66.6 cm³/mol. The first-order chi connectivity index (χ1) is 9.83. The maximum absolute atomic E-state index is 13.4. The summed E-state index contributed by atoms with van der Waals surface area (Å²) in [6, 6.07) is 6.17. The van der Waals surface area contributed by atoms with Gasteiger partial charge in [0, 0.05) is 13.1 Å². The Kier molecular flexibility index (Phi) is 3.89. The van der Waals surface area contributed by atoms with E-state index in [0.717, 1.165) is 6.54 Å². The Morgan fingerprint density at radius 3 is 3.10 bits per heavy atom. The summed E-state index contributed by atoms with van der Waals surface area (Å²) >= 11 is 0. The van der Waals surface area contributed by atoms with E-state index < -0.39 is 5.82 Å². The lowest BCUT2D eigenvalue weighted by atomic mass is 10.3. The highest BCUT2D eigenvalue weighted by molar-refractivity contribution is 5.23. The summed E-state index contributed by atoms with van der Waals surface area (Å²) in [5.41, 5.74) is 0. The molecule has 106 valence electrons. The van der Waals surface area contributed by atoms with Crippen molar-refractivity contribution in [3.05, 3.63) is 41.8 Å². The minimum Gasteiger partial charge on any atom is -0.482 e. The minimum absolute atomic E-state index is 0.0462. The van der Waals surface area contributed by atoms with Gasteiger partial charge in [0.25, 0.3) is 5.89 Å². The average Bonchev–Trinajstić information content (AvgIpc) is 2.96. The second kappa shape index (κ2) is 5.98. The monoisotopic (exact) mass is 279 g/mol. The number of hydrogen-bond donors (Lipinski definition) is 1. The van der Waals surface area contributed by atoms with E-state index in [-0.39, 0.29) is 18.5 Å². The molecule has 0 radical (unpaired) electrons. The van der Waals surface area contributed by atoms with Crippen molar-refractivity contribution < 1.29 is 18.4 Å². The Morgan fingerprint density at radius 1 is 1.40 bits per heavy atom. The lowest BCUT2D eigenvalue weighted by molar-refractivity contribution is 0.00755. The molecule has 1 aliphatic rings. The van der Waals surface area contributed by atoms with Crippen LogP contribution >= 0.6 is 0 Å². The molecule has 0 aliphatic carbocycles. The molecule has 20 heavy (non-hydrogen) atoms. The number of halogens is 1. The molecule has 3 rings (SSSR count). The Balaban J connectivity index is 1.61. The third-order valence-electron chi connectivity index (χ3n) is 2.88. The van der Waals surface area contributed by atoms with Crippen LogP contribution in [0.15, 0.2) is 28.8 Å². The van der Waals surface area contributed by atoms with Crippen molar-refractivity contribution in [1.82, 2.24) is 15.5 Å². The SMILES string of the molecule is Fc1ccccc1OCc1noc([C@@H]2CNCCO2)n1. The van der Waals surface area contributed by atoms with Gasteiger partial charge in [-0.05, 0) is 12.1 Å². The Hall–Kier alpha value is -1.99. The second-order valence-corrected chi connectivity index (χ2v) is 4.33. The molecule has 0 unspecified atom stereocenters. The van der Waals surface area contributed by atoms with E-state index in [0.29, 0.717) is 24.9 Å². The van der Waals surface area contributed by atoms with Gasteiger partial charge in [-0.3, -0.25) is 0 Å².